The van der Waals surface area contributed by atoms with E-state index in [4.69, 9.17) is 4.42 Å². The van der Waals surface area contributed by atoms with Crippen molar-refractivity contribution in [2.24, 2.45) is 0 Å². The van der Waals surface area contributed by atoms with Gasteiger partial charge in [-0.15, -0.1) is 5.23 Å². The number of alkyl halides is 1. The molecule has 0 aliphatic carbocycles. The third-order valence-electron chi connectivity index (χ3n) is 2.94. The van der Waals surface area contributed by atoms with E-state index in [2.05, 4.69) is 15.9 Å². The summed E-state index contributed by atoms with van der Waals surface area (Å²) in [7, 11) is 0. The van der Waals surface area contributed by atoms with Gasteiger partial charge in [0.15, 0.2) is 0 Å². The zero-order valence-electron chi connectivity index (χ0n) is 9.30. The lowest BCUT2D eigenvalue weighted by Crippen LogP contribution is -2.12. The van der Waals surface area contributed by atoms with Crippen molar-refractivity contribution in [3.05, 3.63) is 42.0 Å². The standard InChI is InChI=1S/C13H10BrNO3/c14-7-8-5-10-9-3-1-2-4-12(9)18-13(10)6-11(8)15(16)17/h1-6,16-17H,7H2. The Hall–Kier alpha value is -1.56. The molecule has 0 spiro atoms. The zero-order valence-corrected chi connectivity index (χ0v) is 10.9. The molecule has 0 atom stereocenters. The molecule has 1 heterocycles. The molecule has 92 valence electrons. The maximum Gasteiger partial charge on any atom is 0.137 e. The van der Waals surface area contributed by atoms with Crippen LogP contribution in [0.4, 0.5) is 5.69 Å². The van der Waals surface area contributed by atoms with Crippen LogP contribution in [0, 0.1) is 0 Å². The molecular formula is C13H10BrNO3. The van der Waals surface area contributed by atoms with Gasteiger partial charge in [0.2, 0.25) is 0 Å². The Balaban J connectivity index is 2.39. The highest BCUT2D eigenvalue weighted by molar-refractivity contribution is 9.08. The van der Waals surface area contributed by atoms with Crippen molar-refractivity contribution in [2.45, 2.75) is 5.33 Å². The van der Waals surface area contributed by atoms with E-state index in [-0.39, 0.29) is 5.23 Å². The van der Waals surface area contributed by atoms with E-state index in [1.54, 1.807) is 6.07 Å². The van der Waals surface area contributed by atoms with Crippen LogP contribution in [0.3, 0.4) is 0 Å². The van der Waals surface area contributed by atoms with Crippen molar-refractivity contribution in [1.29, 1.82) is 0 Å². The lowest BCUT2D eigenvalue weighted by atomic mass is 10.1. The average molecular weight is 308 g/mol. The summed E-state index contributed by atoms with van der Waals surface area (Å²) in [5.41, 5.74) is 2.49. The molecule has 2 aromatic carbocycles. The zero-order chi connectivity index (χ0) is 12.7. The molecule has 18 heavy (non-hydrogen) atoms. The quantitative estimate of drug-likeness (QED) is 0.553. The first-order valence-electron chi connectivity index (χ1n) is 5.38. The molecule has 2 N–H and O–H groups in total. The number of fused-ring (bicyclic) bond motifs is 3. The monoisotopic (exact) mass is 307 g/mol. The number of hydrogen-bond acceptors (Lipinski definition) is 4. The van der Waals surface area contributed by atoms with Crippen LogP contribution in [-0.2, 0) is 5.33 Å². The number of halogens is 1. The normalized spacial score (nSPS) is 11.3. The fraction of sp³-hybridized carbons (Fsp3) is 0.0769. The molecule has 5 heteroatoms. The summed E-state index contributed by atoms with van der Waals surface area (Å²) in [5.74, 6) is 0. The second-order valence-electron chi connectivity index (χ2n) is 4.00. The van der Waals surface area contributed by atoms with Crippen LogP contribution in [-0.4, -0.2) is 10.4 Å². The van der Waals surface area contributed by atoms with E-state index in [0.29, 0.717) is 16.6 Å². The number of anilines is 1. The van der Waals surface area contributed by atoms with Crippen LogP contribution >= 0.6 is 15.9 Å². The summed E-state index contributed by atoms with van der Waals surface area (Å²) in [6.07, 6.45) is 0. The van der Waals surface area contributed by atoms with Gasteiger partial charge in [0.05, 0.1) is 0 Å². The molecule has 0 unspecified atom stereocenters. The smallest absolute Gasteiger partial charge is 0.137 e. The second kappa shape index (κ2) is 4.28. The Bertz CT molecular complexity index is 721. The van der Waals surface area contributed by atoms with Gasteiger partial charge in [-0.2, -0.15) is 0 Å². The summed E-state index contributed by atoms with van der Waals surface area (Å²) < 4.78 is 5.68. The summed E-state index contributed by atoms with van der Waals surface area (Å²) in [6, 6.07) is 11.2. The first-order valence-corrected chi connectivity index (χ1v) is 6.51. The first kappa shape index (κ1) is 11.5. The minimum atomic E-state index is 0.114. The molecule has 4 nitrogen and oxygen atoms in total. The molecule has 1 aromatic heterocycles. The number of para-hydroxylation sites is 1. The summed E-state index contributed by atoms with van der Waals surface area (Å²) in [4.78, 5) is 0. The van der Waals surface area contributed by atoms with Crippen molar-refractivity contribution in [1.82, 2.24) is 0 Å². The molecule has 3 aromatic rings. The Morgan fingerprint density at radius 1 is 1.06 bits per heavy atom. The molecule has 0 fully saturated rings. The molecule has 0 aliphatic heterocycles. The highest BCUT2D eigenvalue weighted by Crippen LogP contribution is 2.34. The highest BCUT2D eigenvalue weighted by Gasteiger charge is 2.13. The van der Waals surface area contributed by atoms with Gasteiger partial charge < -0.3 is 4.42 Å². The van der Waals surface area contributed by atoms with Crippen molar-refractivity contribution >= 4 is 43.6 Å². The average Bonchev–Trinajstić information content (AvgIpc) is 2.74. The third-order valence-corrected chi connectivity index (χ3v) is 3.54. The lowest BCUT2D eigenvalue weighted by molar-refractivity contribution is 0.0288. The predicted molar refractivity (Wildman–Crippen MR) is 72.4 cm³/mol. The maximum atomic E-state index is 9.20. The van der Waals surface area contributed by atoms with Crippen molar-refractivity contribution in [3.8, 4) is 0 Å². The predicted octanol–water partition coefficient (Wildman–Crippen LogP) is 4.07. The van der Waals surface area contributed by atoms with Gasteiger partial charge in [0, 0.05) is 22.2 Å². The Labute approximate surface area is 111 Å². The molecule has 0 aliphatic rings. The van der Waals surface area contributed by atoms with Crippen LogP contribution in [0.2, 0.25) is 0 Å². The van der Waals surface area contributed by atoms with Gasteiger partial charge >= 0.3 is 0 Å². The van der Waals surface area contributed by atoms with Crippen molar-refractivity contribution in [3.63, 3.8) is 0 Å². The number of rotatable bonds is 2. The van der Waals surface area contributed by atoms with Gasteiger partial charge in [-0.1, -0.05) is 34.1 Å². The summed E-state index contributed by atoms with van der Waals surface area (Å²) >= 11 is 3.34. The fourth-order valence-electron chi connectivity index (χ4n) is 2.10. The molecule has 0 amide bonds. The highest BCUT2D eigenvalue weighted by atomic mass is 79.9. The molecule has 0 bridgehead atoms. The largest absolute Gasteiger partial charge is 0.456 e. The number of hydrogen-bond donors (Lipinski definition) is 2. The van der Waals surface area contributed by atoms with Gasteiger partial charge in [0.1, 0.15) is 16.9 Å². The fourth-order valence-corrected chi connectivity index (χ4v) is 2.55. The van der Waals surface area contributed by atoms with E-state index in [1.807, 2.05) is 30.3 Å². The van der Waals surface area contributed by atoms with Crippen LogP contribution in [0.5, 0.6) is 0 Å². The minimum Gasteiger partial charge on any atom is -0.456 e. The topological polar surface area (TPSA) is 56.8 Å². The van der Waals surface area contributed by atoms with E-state index >= 15 is 0 Å². The van der Waals surface area contributed by atoms with Crippen LogP contribution in [0.15, 0.2) is 40.8 Å². The lowest BCUT2D eigenvalue weighted by Gasteiger charge is -2.11. The summed E-state index contributed by atoms with van der Waals surface area (Å²) in [6.45, 7) is 0. The molecule has 3 rings (SSSR count). The first-order chi connectivity index (χ1) is 8.70. The van der Waals surface area contributed by atoms with Gasteiger partial charge in [-0.3, -0.25) is 10.4 Å². The Kier molecular flexibility index (Phi) is 2.74. The van der Waals surface area contributed by atoms with Crippen LogP contribution in [0.1, 0.15) is 5.56 Å². The molecule has 0 saturated carbocycles. The molecule has 0 radical (unpaired) electrons. The van der Waals surface area contributed by atoms with Gasteiger partial charge in [0.25, 0.3) is 0 Å². The van der Waals surface area contributed by atoms with Gasteiger partial charge in [-0.05, 0) is 17.7 Å². The van der Waals surface area contributed by atoms with Gasteiger partial charge in [-0.25, -0.2) is 0 Å². The van der Waals surface area contributed by atoms with E-state index in [0.717, 1.165) is 21.9 Å². The van der Waals surface area contributed by atoms with E-state index < -0.39 is 0 Å². The Morgan fingerprint density at radius 2 is 1.83 bits per heavy atom. The van der Waals surface area contributed by atoms with E-state index in [1.165, 1.54) is 0 Å². The summed E-state index contributed by atoms with van der Waals surface area (Å²) in [5, 5.41) is 21.0. The van der Waals surface area contributed by atoms with Crippen LogP contribution < -0.4 is 5.23 Å². The van der Waals surface area contributed by atoms with E-state index in [9.17, 15) is 10.4 Å². The maximum absolute atomic E-state index is 9.20. The molecular weight excluding hydrogens is 298 g/mol. The third kappa shape index (κ3) is 1.68. The minimum absolute atomic E-state index is 0.114. The SMILES string of the molecule is ON(O)c1cc2oc3ccccc3c2cc1CBr. The number of benzene rings is 2. The van der Waals surface area contributed by atoms with Crippen molar-refractivity contribution in [2.75, 3.05) is 5.23 Å². The second-order valence-corrected chi connectivity index (χ2v) is 4.56. The van der Waals surface area contributed by atoms with Crippen LogP contribution in [0.25, 0.3) is 21.9 Å². The molecule has 0 saturated heterocycles. The number of furan rings is 1. The Morgan fingerprint density at radius 3 is 2.56 bits per heavy atom. The van der Waals surface area contributed by atoms with Crippen molar-refractivity contribution < 1.29 is 14.8 Å². The number of nitrogens with zero attached hydrogens (tertiary/aromatic N) is 1.